The second kappa shape index (κ2) is 6.32. The lowest BCUT2D eigenvalue weighted by Crippen LogP contribution is -2.25. The minimum atomic E-state index is 0.594. The largest absolute Gasteiger partial charge is 0.380 e. The average molecular weight is 265 g/mol. The standard InChI is InChI=1S/C14H23N3S/c1-4-17(5-2)14-7-6-12(10-15-14)16-13-8-9-18-11(13)3/h6-7,10-11,13,16H,4-5,8-9H2,1-3H3. The van der Waals surface area contributed by atoms with Crippen LogP contribution < -0.4 is 10.2 Å². The second-order valence-electron chi connectivity index (χ2n) is 4.69. The van der Waals surface area contributed by atoms with Crippen LogP contribution in [-0.2, 0) is 0 Å². The molecular weight excluding hydrogens is 242 g/mol. The molecule has 1 N–H and O–H groups in total. The number of nitrogens with one attached hydrogen (secondary N) is 1. The third kappa shape index (κ3) is 3.10. The Hall–Kier alpha value is -0.900. The maximum Gasteiger partial charge on any atom is 0.128 e. The van der Waals surface area contributed by atoms with Gasteiger partial charge in [0.1, 0.15) is 5.82 Å². The fourth-order valence-electron chi connectivity index (χ4n) is 2.34. The molecule has 18 heavy (non-hydrogen) atoms. The van der Waals surface area contributed by atoms with Crippen molar-refractivity contribution >= 4 is 23.3 Å². The lowest BCUT2D eigenvalue weighted by molar-refractivity contribution is 0.723. The number of nitrogens with zero attached hydrogens (tertiary/aromatic N) is 2. The van der Waals surface area contributed by atoms with E-state index < -0.39 is 0 Å². The molecule has 1 aromatic rings. The molecule has 0 radical (unpaired) electrons. The molecule has 0 aromatic carbocycles. The molecule has 0 saturated carbocycles. The lowest BCUT2D eigenvalue weighted by Gasteiger charge is -2.21. The van der Waals surface area contributed by atoms with Gasteiger partial charge in [0, 0.05) is 24.4 Å². The third-order valence-electron chi connectivity index (χ3n) is 3.56. The van der Waals surface area contributed by atoms with Gasteiger partial charge in [-0.2, -0.15) is 11.8 Å². The molecular formula is C14H23N3S. The van der Waals surface area contributed by atoms with Gasteiger partial charge >= 0.3 is 0 Å². The average Bonchev–Trinajstić information content (AvgIpc) is 2.79. The number of anilines is 2. The number of hydrogen-bond acceptors (Lipinski definition) is 4. The molecule has 4 heteroatoms. The molecule has 2 unspecified atom stereocenters. The van der Waals surface area contributed by atoms with Gasteiger partial charge in [-0.25, -0.2) is 4.98 Å². The van der Waals surface area contributed by atoms with E-state index in [1.807, 2.05) is 18.0 Å². The minimum absolute atomic E-state index is 0.594. The van der Waals surface area contributed by atoms with Crippen molar-refractivity contribution in [2.45, 2.75) is 38.5 Å². The summed E-state index contributed by atoms with van der Waals surface area (Å²) in [6, 6.07) is 4.86. The van der Waals surface area contributed by atoms with Gasteiger partial charge in [-0.15, -0.1) is 0 Å². The highest BCUT2D eigenvalue weighted by Gasteiger charge is 2.23. The van der Waals surface area contributed by atoms with Crippen molar-refractivity contribution in [3.05, 3.63) is 18.3 Å². The summed E-state index contributed by atoms with van der Waals surface area (Å²) in [5.74, 6) is 2.34. The highest BCUT2D eigenvalue weighted by atomic mass is 32.2. The van der Waals surface area contributed by atoms with Crippen LogP contribution in [-0.4, -0.2) is 35.1 Å². The molecule has 2 atom stereocenters. The van der Waals surface area contributed by atoms with E-state index in [1.54, 1.807) is 0 Å². The fourth-order valence-corrected chi connectivity index (χ4v) is 3.54. The predicted octanol–water partition coefficient (Wildman–Crippen LogP) is 3.23. The van der Waals surface area contributed by atoms with E-state index in [4.69, 9.17) is 0 Å². The first-order chi connectivity index (χ1) is 8.74. The van der Waals surface area contributed by atoms with Gasteiger partial charge in [-0.1, -0.05) is 6.92 Å². The van der Waals surface area contributed by atoms with Crippen LogP contribution in [0.3, 0.4) is 0 Å². The summed E-state index contributed by atoms with van der Waals surface area (Å²) in [7, 11) is 0. The van der Waals surface area contributed by atoms with E-state index in [1.165, 1.54) is 12.2 Å². The van der Waals surface area contributed by atoms with Gasteiger partial charge in [-0.3, -0.25) is 0 Å². The van der Waals surface area contributed by atoms with Crippen LogP contribution in [0.2, 0.25) is 0 Å². The molecule has 1 saturated heterocycles. The summed E-state index contributed by atoms with van der Waals surface area (Å²) in [5, 5.41) is 4.29. The topological polar surface area (TPSA) is 28.2 Å². The molecule has 1 fully saturated rings. The third-order valence-corrected chi connectivity index (χ3v) is 4.89. The molecule has 100 valence electrons. The Morgan fingerprint density at radius 1 is 1.39 bits per heavy atom. The Morgan fingerprint density at radius 2 is 2.17 bits per heavy atom. The van der Waals surface area contributed by atoms with Crippen LogP contribution in [0.5, 0.6) is 0 Å². The van der Waals surface area contributed by atoms with Gasteiger partial charge in [0.05, 0.1) is 11.9 Å². The summed E-state index contributed by atoms with van der Waals surface area (Å²) in [5.41, 5.74) is 1.14. The van der Waals surface area contributed by atoms with E-state index in [0.29, 0.717) is 11.3 Å². The van der Waals surface area contributed by atoms with E-state index in [-0.39, 0.29) is 0 Å². The molecule has 0 bridgehead atoms. The van der Waals surface area contributed by atoms with Gasteiger partial charge in [0.2, 0.25) is 0 Å². The van der Waals surface area contributed by atoms with Crippen molar-refractivity contribution in [1.82, 2.24) is 4.98 Å². The first kappa shape index (κ1) is 13.5. The molecule has 2 rings (SSSR count). The molecule has 1 aromatic heterocycles. The summed E-state index contributed by atoms with van der Waals surface area (Å²) in [4.78, 5) is 6.81. The highest BCUT2D eigenvalue weighted by molar-refractivity contribution is 8.00. The van der Waals surface area contributed by atoms with Crippen molar-refractivity contribution in [3.63, 3.8) is 0 Å². The summed E-state index contributed by atoms with van der Waals surface area (Å²) in [6.45, 7) is 8.63. The summed E-state index contributed by atoms with van der Waals surface area (Å²) in [6.07, 6.45) is 3.22. The monoisotopic (exact) mass is 265 g/mol. The number of thioether (sulfide) groups is 1. The predicted molar refractivity (Wildman–Crippen MR) is 81.7 cm³/mol. The zero-order valence-electron chi connectivity index (χ0n) is 11.5. The first-order valence-electron chi connectivity index (χ1n) is 6.83. The number of pyridine rings is 1. The fraction of sp³-hybridized carbons (Fsp3) is 0.643. The van der Waals surface area contributed by atoms with Crippen molar-refractivity contribution in [2.75, 3.05) is 29.1 Å². The van der Waals surface area contributed by atoms with E-state index >= 15 is 0 Å². The zero-order chi connectivity index (χ0) is 13.0. The highest BCUT2D eigenvalue weighted by Crippen LogP contribution is 2.28. The van der Waals surface area contributed by atoms with Crippen molar-refractivity contribution in [3.8, 4) is 0 Å². The maximum atomic E-state index is 4.54. The van der Waals surface area contributed by atoms with Gasteiger partial charge in [0.25, 0.3) is 0 Å². The Kier molecular flexibility index (Phi) is 4.75. The van der Waals surface area contributed by atoms with Crippen LogP contribution in [0.4, 0.5) is 11.5 Å². The van der Waals surface area contributed by atoms with Gasteiger partial charge in [0.15, 0.2) is 0 Å². The van der Waals surface area contributed by atoms with Gasteiger partial charge < -0.3 is 10.2 Å². The molecule has 1 aliphatic heterocycles. The first-order valence-corrected chi connectivity index (χ1v) is 7.88. The van der Waals surface area contributed by atoms with Crippen LogP contribution in [0, 0.1) is 0 Å². The zero-order valence-corrected chi connectivity index (χ0v) is 12.3. The van der Waals surface area contributed by atoms with Crippen molar-refractivity contribution in [1.29, 1.82) is 0 Å². The van der Waals surface area contributed by atoms with Crippen LogP contribution in [0.25, 0.3) is 0 Å². The maximum absolute atomic E-state index is 4.54. The summed E-state index contributed by atoms with van der Waals surface area (Å²) >= 11 is 2.05. The van der Waals surface area contributed by atoms with Crippen LogP contribution in [0.1, 0.15) is 27.2 Å². The molecule has 0 spiro atoms. The molecule has 2 heterocycles. The van der Waals surface area contributed by atoms with Crippen molar-refractivity contribution in [2.24, 2.45) is 0 Å². The number of rotatable bonds is 5. The quantitative estimate of drug-likeness (QED) is 0.884. The van der Waals surface area contributed by atoms with Crippen LogP contribution in [0.15, 0.2) is 18.3 Å². The normalized spacial score (nSPS) is 23.1. The molecule has 3 nitrogen and oxygen atoms in total. The molecule has 1 aliphatic rings. The number of aromatic nitrogens is 1. The lowest BCUT2D eigenvalue weighted by atomic mass is 10.1. The summed E-state index contributed by atoms with van der Waals surface area (Å²) < 4.78 is 0. The Labute approximate surface area is 114 Å². The smallest absolute Gasteiger partial charge is 0.128 e. The number of hydrogen-bond donors (Lipinski definition) is 1. The Balaban J connectivity index is 1.99. The van der Waals surface area contributed by atoms with E-state index in [2.05, 4.69) is 48.1 Å². The van der Waals surface area contributed by atoms with Crippen LogP contribution >= 0.6 is 11.8 Å². The SMILES string of the molecule is CCN(CC)c1ccc(NC2CCSC2C)cn1. The Bertz CT molecular complexity index is 362. The second-order valence-corrected chi connectivity index (χ2v) is 6.18. The Morgan fingerprint density at radius 3 is 2.67 bits per heavy atom. The minimum Gasteiger partial charge on any atom is -0.380 e. The van der Waals surface area contributed by atoms with E-state index in [0.717, 1.165) is 24.6 Å². The molecule has 0 aliphatic carbocycles. The van der Waals surface area contributed by atoms with Crippen molar-refractivity contribution < 1.29 is 0 Å². The molecule has 0 amide bonds. The van der Waals surface area contributed by atoms with E-state index in [9.17, 15) is 0 Å². The van der Waals surface area contributed by atoms with Gasteiger partial charge in [-0.05, 0) is 38.2 Å².